The molecular formula is C16H26N6O9S. The van der Waals surface area contributed by atoms with Crippen molar-refractivity contribution in [3.05, 3.63) is 0 Å². The molecule has 180 valence electrons. The minimum absolute atomic E-state index is 0.293. The molecule has 0 aliphatic heterocycles. The Kier molecular flexibility index (Phi) is 12.3. The third-order valence-electron chi connectivity index (χ3n) is 3.87. The highest BCUT2D eigenvalue weighted by atomic mass is 32.1. The number of amides is 5. The van der Waals surface area contributed by atoms with Crippen molar-refractivity contribution in [2.45, 2.75) is 49.9 Å². The Labute approximate surface area is 187 Å². The first-order valence-corrected chi connectivity index (χ1v) is 9.70. The highest BCUT2D eigenvalue weighted by Crippen LogP contribution is 2.03. The van der Waals surface area contributed by atoms with Crippen molar-refractivity contribution < 1.29 is 43.8 Å². The van der Waals surface area contributed by atoms with E-state index >= 15 is 0 Å². The molecule has 0 aromatic rings. The Bertz CT molecular complexity index is 762. The first-order valence-electron chi connectivity index (χ1n) is 9.07. The molecule has 11 N–H and O–H groups in total. The van der Waals surface area contributed by atoms with Crippen molar-refractivity contribution in [3.8, 4) is 0 Å². The van der Waals surface area contributed by atoms with Crippen molar-refractivity contribution >= 4 is 54.1 Å². The van der Waals surface area contributed by atoms with Crippen LogP contribution >= 0.6 is 12.6 Å². The fraction of sp³-hybridized carbons (Fsp3) is 0.562. The van der Waals surface area contributed by atoms with Crippen molar-refractivity contribution in [3.63, 3.8) is 0 Å². The number of carbonyl (C=O) groups excluding carboxylic acids is 5. The average Bonchev–Trinajstić information content (AvgIpc) is 2.66. The molecule has 0 fully saturated rings. The van der Waals surface area contributed by atoms with E-state index in [0.29, 0.717) is 0 Å². The second-order valence-electron chi connectivity index (χ2n) is 6.58. The summed E-state index contributed by atoms with van der Waals surface area (Å²) < 4.78 is 0. The summed E-state index contributed by atoms with van der Waals surface area (Å²) in [6.45, 7) is 0. The Morgan fingerprint density at radius 3 is 1.66 bits per heavy atom. The van der Waals surface area contributed by atoms with Gasteiger partial charge in [-0.05, 0) is 6.42 Å². The maximum atomic E-state index is 12.6. The first kappa shape index (κ1) is 28.6. The lowest BCUT2D eigenvalue weighted by Crippen LogP contribution is -2.58. The molecule has 0 rings (SSSR count). The Morgan fingerprint density at radius 2 is 1.22 bits per heavy atom. The summed E-state index contributed by atoms with van der Waals surface area (Å²) in [4.78, 5) is 81.2. The molecule has 4 unspecified atom stereocenters. The van der Waals surface area contributed by atoms with Crippen LogP contribution in [0.3, 0.4) is 0 Å². The summed E-state index contributed by atoms with van der Waals surface area (Å²) in [7, 11) is 0. The molecule has 16 heteroatoms. The van der Waals surface area contributed by atoms with E-state index in [1.54, 1.807) is 0 Å². The molecule has 0 aliphatic rings. The van der Waals surface area contributed by atoms with Crippen molar-refractivity contribution in [1.29, 1.82) is 0 Å². The molecule has 5 amide bonds. The zero-order valence-electron chi connectivity index (χ0n) is 16.8. The number of nitrogens with one attached hydrogen (secondary N) is 3. The average molecular weight is 478 g/mol. The smallest absolute Gasteiger partial charge is 0.327 e. The molecule has 0 saturated heterocycles. The first-order chi connectivity index (χ1) is 14.8. The summed E-state index contributed by atoms with van der Waals surface area (Å²) in [5, 5.41) is 24.2. The number of carbonyl (C=O) groups is 7. The number of nitrogens with two attached hydrogens (primary N) is 3. The van der Waals surface area contributed by atoms with Gasteiger partial charge in [0.15, 0.2) is 0 Å². The number of primary amides is 2. The molecule has 0 aliphatic carbocycles. The van der Waals surface area contributed by atoms with Crippen LogP contribution in [-0.4, -0.2) is 81.6 Å². The van der Waals surface area contributed by atoms with Gasteiger partial charge in [-0.15, -0.1) is 0 Å². The van der Waals surface area contributed by atoms with Crippen molar-refractivity contribution in [1.82, 2.24) is 16.0 Å². The Morgan fingerprint density at radius 1 is 0.750 bits per heavy atom. The van der Waals surface area contributed by atoms with Gasteiger partial charge in [-0.25, -0.2) is 4.79 Å². The van der Waals surface area contributed by atoms with E-state index in [0.717, 1.165) is 0 Å². The van der Waals surface area contributed by atoms with E-state index in [4.69, 9.17) is 27.4 Å². The van der Waals surface area contributed by atoms with Crippen LogP contribution in [0.5, 0.6) is 0 Å². The summed E-state index contributed by atoms with van der Waals surface area (Å²) >= 11 is 3.78. The molecule has 0 aromatic heterocycles. The highest BCUT2D eigenvalue weighted by Gasteiger charge is 2.31. The number of hydrogen-bond acceptors (Lipinski definition) is 9. The number of carboxylic acids is 2. The summed E-state index contributed by atoms with van der Waals surface area (Å²) in [5.41, 5.74) is 15.5. The Hall–Kier alpha value is -3.40. The topological polar surface area (TPSA) is 274 Å². The van der Waals surface area contributed by atoms with Crippen LogP contribution in [0.25, 0.3) is 0 Å². The molecule has 4 atom stereocenters. The quantitative estimate of drug-likeness (QED) is 0.102. The van der Waals surface area contributed by atoms with Gasteiger partial charge in [0, 0.05) is 12.2 Å². The van der Waals surface area contributed by atoms with Gasteiger partial charge in [0.25, 0.3) is 0 Å². The summed E-state index contributed by atoms with van der Waals surface area (Å²) in [6.07, 6.45) is -2.29. The van der Waals surface area contributed by atoms with Gasteiger partial charge in [-0.1, -0.05) is 0 Å². The largest absolute Gasteiger partial charge is 0.481 e. The molecule has 15 nitrogen and oxygen atoms in total. The Balaban J connectivity index is 5.51. The molecule has 32 heavy (non-hydrogen) atoms. The second kappa shape index (κ2) is 13.8. The molecule has 0 aromatic carbocycles. The fourth-order valence-corrected chi connectivity index (χ4v) is 2.51. The second-order valence-corrected chi connectivity index (χ2v) is 6.95. The lowest BCUT2D eigenvalue weighted by Gasteiger charge is -2.24. The SMILES string of the molecule is NC(=O)CC(N)C(=O)NC(CC(N)=O)C(=O)NC(CCC(=O)O)C(=O)NC(CS)C(=O)O. The van der Waals surface area contributed by atoms with Gasteiger partial charge in [0.1, 0.15) is 18.1 Å². The maximum absolute atomic E-state index is 12.6. The van der Waals surface area contributed by atoms with Gasteiger partial charge in [0.05, 0.1) is 18.9 Å². The van der Waals surface area contributed by atoms with Crippen molar-refractivity contribution in [2.24, 2.45) is 17.2 Å². The van der Waals surface area contributed by atoms with Crippen LogP contribution in [0.4, 0.5) is 0 Å². The van der Waals surface area contributed by atoms with Crippen LogP contribution in [0.2, 0.25) is 0 Å². The zero-order chi connectivity index (χ0) is 25.0. The lowest BCUT2D eigenvalue weighted by molar-refractivity contribution is -0.142. The van der Waals surface area contributed by atoms with E-state index in [1.165, 1.54) is 0 Å². The number of thiol groups is 1. The molecule has 0 bridgehead atoms. The van der Waals surface area contributed by atoms with Crippen LogP contribution in [0.1, 0.15) is 25.7 Å². The van der Waals surface area contributed by atoms with Crippen LogP contribution < -0.4 is 33.2 Å². The van der Waals surface area contributed by atoms with E-state index in [-0.39, 0.29) is 5.75 Å². The normalized spacial score (nSPS) is 14.2. The van der Waals surface area contributed by atoms with Gasteiger partial charge in [-0.2, -0.15) is 12.6 Å². The minimum atomic E-state index is -1.63. The van der Waals surface area contributed by atoms with Crippen molar-refractivity contribution in [2.75, 3.05) is 5.75 Å². The third kappa shape index (κ3) is 11.1. The minimum Gasteiger partial charge on any atom is -0.481 e. The van der Waals surface area contributed by atoms with Crippen LogP contribution in [-0.2, 0) is 33.6 Å². The molecular weight excluding hydrogens is 452 g/mol. The van der Waals surface area contributed by atoms with E-state index < -0.39 is 91.3 Å². The zero-order valence-corrected chi connectivity index (χ0v) is 17.7. The lowest BCUT2D eigenvalue weighted by atomic mass is 10.1. The molecule has 0 radical (unpaired) electrons. The summed E-state index contributed by atoms with van der Waals surface area (Å²) in [5.74, 6) is -8.08. The predicted molar refractivity (Wildman–Crippen MR) is 110 cm³/mol. The third-order valence-corrected chi connectivity index (χ3v) is 4.24. The van der Waals surface area contributed by atoms with Gasteiger partial charge in [0.2, 0.25) is 29.5 Å². The fourth-order valence-electron chi connectivity index (χ4n) is 2.27. The number of aliphatic carboxylic acids is 2. The van der Waals surface area contributed by atoms with Crippen LogP contribution in [0, 0.1) is 0 Å². The van der Waals surface area contributed by atoms with E-state index in [9.17, 15) is 33.6 Å². The van der Waals surface area contributed by atoms with Gasteiger partial charge >= 0.3 is 11.9 Å². The highest BCUT2D eigenvalue weighted by molar-refractivity contribution is 7.80. The molecule has 0 spiro atoms. The maximum Gasteiger partial charge on any atom is 0.327 e. The number of carboxylic acid groups (broad SMARTS) is 2. The van der Waals surface area contributed by atoms with Gasteiger partial charge in [-0.3, -0.25) is 28.8 Å². The van der Waals surface area contributed by atoms with E-state index in [1.807, 2.05) is 0 Å². The molecule has 0 heterocycles. The monoisotopic (exact) mass is 478 g/mol. The predicted octanol–water partition coefficient (Wildman–Crippen LogP) is -4.60. The number of hydrogen-bond donors (Lipinski definition) is 9. The standard InChI is InChI=1S/C16H26N6O9S/c17-6(3-10(18)23)13(27)21-8(4-11(19)24)15(29)20-7(1-2-12(25)26)14(28)22-9(5-32)16(30)31/h6-9,32H,1-5,17H2,(H2,18,23)(H2,19,24)(H,20,29)(H,21,27)(H,22,28)(H,25,26)(H,30,31). The van der Waals surface area contributed by atoms with E-state index in [2.05, 4.69) is 28.6 Å². The summed E-state index contributed by atoms with van der Waals surface area (Å²) in [6, 6.07) is -6.03. The van der Waals surface area contributed by atoms with Crippen LogP contribution in [0.15, 0.2) is 0 Å². The van der Waals surface area contributed by atoms with Gasteiger partial charge < -0.3 is 43.4 Å². The molecule has 0 saturated carbocycles. The number of rotatable bonds is 15.